The lowest BCUT2D eigenvalue weighted by molar-refractivity contribution is -0.148. The number of alkyl halides is 3. The largest absolute Gasteiger partial charge is 0.496 e. The molecular formula is C22H27F4NO. The van der Waals surface area contributed by atoms with Crippen LogP contribution in [0, 0.1) is 19.7 Å². The van der Waals surface area contributed by atoms with Gasteiger partial charge < -0.3 is 10.5 Å². The van der Waals surface area contributed by atoms with Crippen molar-refractivity contribution in [2.75, 3.05) is 7.11 Å². The molecular weight excluding hydrogens is 370 g/mol. The van der Waals surface area contributed by atoms with Gasteiger partial charge in [0.1, 0.15) is 11.6 Å². The predicted octanol–water partition coefficient (Wildman–Crippen LogP) is 5.62. The van der Waals surface area contributed by atoms with Gasteiger partial charge in [-0.1, -0.05) is 36.2 Å². The first-order valence-corrected chi connectivity index (χ1v) is 9.15. The van der Waals surface area contributed by atoms with Crippen molar-refractivity contribution in [3.8, 4) is 5.75 Å². The standard InChI is InChI=1S/C22H27F4NO/c1-14-7-15(2)9-16(8-14)10-18(27)12-21(3,13-22(24,25)26)19-11-17(23)5-6-20(19)28-4/h5-9,11,18H,10,12-13,27H2,1-4H3. The summed E-state index contributed by atoms with van der Waals surface area (Å²) in [5.74, 6) is -0.376. The molecule has 0 saturated carbocycles. The van der Waals surface area contributed by atoms with E-state index in [1.807, 2.05) is 32.0 Å². The molecule has 6 heteroatoms. The van der Waals surface area contributed by atoms with E-state index in [9.17, 15) is 17.6 Å². The van der Waals surface area contributed by atoms with Gasteiger partial charge in [-0.25, -0.2) is 4.39 Å². The maximum absolute atomic E-state index is 13.9. The van der Waals surface area contributed by atoms with E-state index in [0.717, 1.165) is 22.8 Å². The lowest BCUT2D eigenvalue weighted by atomic mass is 9.73. The topological polar surface area (TPSA) is 35.2 Å². The fourth-order valence-electron chi connectivity index (χ4n) is 4.01. The van der Waals surface area contributed by atoms with E-state index in [2.05, 4.69) is 0 Å². The van der Waals surface area contributed by atoms with Crippen LogP contribution < -0.4 is 10.5 Å². The van der Waals surface area contributed by atoms with Crippen LogP contribution in [0.4, 0.5) is 17.6 Å². The van der Waals surface area contributed by atoms with Crippen LogP contribution in [0.15, 0.2) is 36.4 Å². The molecule has 2 atom stereocenters. The molecule has 2 unspecified atom stereocenters. The summed E-state index contributed by atoms with van der Waals surface area (Å²) in [5.41, 5.74) is 8.18. The maximum atomic E-state index is 13.9. The number of methoxy groups -OCH3 is 1. The van der Waals surface area contributed by atoms with Crippen LogP contribution in [0.1, 0.15) is 42.0 Å². The number of ether oxygens (including phenoxy) is 1. The number of benzene rings is 2. The van der Waals surface area contributed by atoms with Crippen LogP contribution in [-0.2, 0) is 11.8 Å². The summed E-state index contributed by atoms with van der Waals surface area (Å²) in [6, 6.07) is 9.11. The molecule has 0 spiro atoms. The molecule has 154 valence electrons. The first kappa shape index (κ1) is 22.2. The van der Waals surface area contributed by atoms with Gasteiger partial charge in [-0.15, -0.1) is 0 Å². The average Bonchev–Trinajstić information content (AvgIpc) is 2.51. The van der Waals surface area contributed by atoms with E-state index in [0.29, 0.717) is 6.42 Å². The van der Waals surface area contributed by atoms with E-state index >= 15 is 0 Å². The highest BCUT2D eigenvalue weighted by atomic mass is 19.4. The van der Waals surface area contributed by atoms with Gasteiger partial charge in [0.2, 0.25) is 0 Å². The molecule has 2 aromatic carbocycles. The monoisotopic (exact) mass is 397 g/mol. The van der Waals surface area contributed by atoms with Crippen molar-refractivity contribution in [2.24, 2.45) is 5.73 Å². The normalized spacial score (nSPS) is 15.2. The molecule has 28 heavy (non-hydrogen) atoms. The minimum absolute atomic E-state index is 0.0410. The zero-order valence-electron chi connectivity index (χ0n) is 16.7. The van der Waals surface area contributed by atoms with Crippen molar-refractivity contribution in [1.29, 1.82) is 0 Å². The molecule has 0 aliphatic rings. The average molecular weight is 397 g/mol. The number of rotatable bonds is 7. The Morgan fingerprint density at radius 3 is 2.18 bits per heavy atom. The Kier molecular flexibility index (Phi) is 6.75. The van der Waals surface area contributed by atoms with Gasteiger partial charge in [0.25, 0.3) is 0 Å². The van der Waals surface area contributed by atoms with Crippen molar-refractivity contribution in [3.05, 3.63) is 64.5 Å². The third kappa shape index (κ3) is 5.96. The summed E-state index contributed by atoms with van der Waals surface area (Å²) in [7, 11) is 1.36. The van der Waals surface area contributed by atoms with Crippen molar-refractivity contribution in [2.45, 2.75) is 57.7 Å². The summed E-state index contributed by atoms with van der Waals surface area (Å²) >= 11 is 0. The van der Waals surface area contributed by atoms with Crippen LogP contribution in [-0.4, -0.2) is 19.3 Å². The minimum Gasteiger partial charge on any atom is -0.496 e. The maximum Gasteiger partial charge on any atom is 0.389 e. The Labute approximate surface area is 163 Å². The lowest BCUT2D eigenvalue weighted by Crippen LogP contribution is -2.38. The molecule has 0 bridgehead atoms. The second-order valence-corrected chi connectivity index (χ2v) is 7.86. The zero-order chi connectivity index (χ0) is 21.1. The zero-order valence-corrected chi connectivity index (χ0v) is 16.7. The van der Waals surface area contributed by atoms with Crippen LogP contribution in [0.3, 0.4) is 0 Å². The molecule has 0 aliphatic carbocycles. The third-order valence-corrected chi connectivity index (χ3v) is 4.89. The van der Waals surface area contributed by atoms with Gasteiger partial charge in [0.05, 0.1) is 13.5 Å². The van der Waals surface area contributed by atoms with Crippen molar-refractivity contribution in [1.82, 2.24) is 0 Å². The predicted molar refractivity (Wildman–Crippen MR) is 103 cm³/mol. The number of halogens is 4. The van der Waals surface area contributed by atoms with Gasteiger partial charge >= 0.3 is 6.18 Å². The molecule has 0 fully saturated rings. The number of aryl methyl sites for hydroxylation is 2. The Bertz CT molecular complexity index is 798. The summed E-state index contributed by atoms with van der Waals surface area (Å²) in [6.07, 6.45) is -5.06. The molecule has 2 nitrogen and oxygen atoms in total. The van der Waals surface area contributed by atoms with Crippen molar-refractivity contribution >= 4 is 0 Å². The fourth-order valence-corrected chi connectivity index (χ4v) is 4.01. The smallest absolute Gasteiger partial charge is 0.389 e. The first-order valence-electron chi connectivity index (χ1n) is 9.15. The van der Waals surface area contributed by atoms with Gasteiger partial charge in [-0.3, -0.25) is 0 Å². The molecule has 2 N–H and O–H groups in total. The van der Waals surface area contributed by atoms with E-state index < -0.39 is 29.9 Å². The molecule has 0 aromatic heterocycles. The third-order valence-electron chi connectivity index (χ3n) is 4.89. The second kappa shape index (κ2) is 8.52. The van der Waals surface area contributed by atoms with Crippen LogP contribution in [0.25, 0.3) is 0 Å². The Balaban J connectivity index is 2.36. The Hall–Kier alpha value is -2.08. The Morgan fingerprint density at radius 1 is 1.04 bits per heavy atom. The highest BCUT2D eigenvalue weighted by Gasteiger charge is 2.43. The molecule has 0 saturated heterocycles. The van der Waals surface area contributed by atoms with E-state index in [4.69, 9.17) is 10.5 Å². The van der Waals surface area contributed by atoms with Gasteiger partial charge in [0, 0.05) is 17.0 Å². The summed E-state index contributed by atoms with van der Waals surface area (Å²) in [4.78, 5) is 0. The fraction of sp³-hybridized carbons (Fsp3) is 0.455. The van der Waals surface area contributed by atoms with Crippen molar-refractivity contribution < 1.29 is 22.3 Å². The molecule has 0 amide bonds. The molecule has 0 heterocycles. The number of nitrogens with two attached hydrogens (primary N) is 1. The summed E-state index contributed by atoms with van der Waals surface area (Å²) in [6.45, 7) is 5.40. The lowest BCUT2D eigenvalue weighted by Gasteiger charge is -2.34. The summed E-state index contributed by atoms with van der Waals surface area (Å²) < 4.78 is 59.2. The van der Waals surface area contributed by atoms with E-state index in [1.165, 1.54) is 26.2 Å². The quantitative estimate of drug-likeness (QED) is 0.616. The molecule has 2 rings (SSSR count). The SMILES string of the molecule is COc1ccc(F)cc1C(C)(CC(N)Cc1cc(C)cc(C)c1)CC(F)(F)F. The summed E-state index contributed by atoms with van der Waals surface area (Å²) in [5, 5.41) is 0. The number of hydrogen-bond acceptors (Lipinski definition) is 2. The first-order chi connectivity index (χ1) is 12.9. The molecule has 0 radical (unpaired) electrons. The van der Waals surface area contributed by atoms with Gasteiger partial charge in [-0.2, -0.15) is 13.2 Å². The highest BCUT2D eigenvalue weighted by molar-refractivity contribution is 5.40. The van der Waals surface area contributed by atoms with Gasteiger partial charge in [0.15, 0.2) is 0 Å². The number of hydrogen-bond donors (Lipinski definition) is 1. The molecule has 2 aromatic rings. The van der Waals surface area contributed by atoms with Crippen LogP contribution in [0.5, 0.6) is 5.75 Å². The van der Waals surface area contributed by atoms with Crippen LogP contribution in [0.2, 0.25) is 0 Å². The second-order valence-electron chi connectivity index (χ2n) is 7.86. The van der Waals surface area contributed by atoms with Gasteiger partial charge in [-0.05, 0) is 50.5 Å². The minimum atomic E-state index is -4.42. The Morgan fingerprint density at radius 2 is 1.64 bits per heavy atom. The van der Waals surface area contributed by atoms with Crippen LogP contribution >= 0.6 is 0 Å². The van der Waals surface area contributed by atoms with E-state index in [1.54, 1.807) is 0 Å². The molecule has 0 aliphatic heterocycles. The highest BCUT2D eigenvalue weighted by Crippen LogP contribution is 2.43. The van der Waals surface area contributed by atoms with Crippen molar-refractivity contribution in [3.63, 3.8) is 0 Å². The van der Waals surface area contributed by atoms with E-state index in [-0.39, 0.29) is 17.7 Å².